The van der Waals surface area contributed by atoms with Crippen LogP contribution in [0.2, 0.25) is 0 Å². The van der Waals surface area contributed by atoms with E-state index in [2.05, 4.69) is 31.7 Å². The summed E-state index contributed by atoms with van der Waals surface area (Å²) >= 11 is 0. The highest BCUT2D eigenvalue weighted by Gasteiger charge is 2.34. The Labute approximate surface area is 180 Å². The van der Waals surface area contributed by atoms with Crippen molar-refractivity contribution in [2.24, 2.45) is 5.92 Å². The van der Waals surface area contributed by atoms with Crippen molar-refractivity contribution >= 4 is 11.7 Å². The van der Waals surface area contributed by atoms with Crippen molar-refractivity contribution in [2.45, 2.75) is 77.9 Å². The maximum atomic E-state index is 12.9. The van der Waals surface area contributed by atoms with Crippen LogP contribution in [-0.2, 0) is 29.0 Å². The summed E-state index contributed by atoms with van der Waals surface area (Å²) in [5, 5.41) is 10.0. The van der Waals surface area contributed by atoms with E-state index in [9.17, 15) is 10.1 Å². The lowest BCUT2D eigenvalue weighted by Crippen LogP contribution is -2.51. The fourth-order valence-electron chi connectivity index (χ4n) is 5.21. The lowest BCUT2D eigenvalue weighted by Gasteiger charge is -2.39. The molecule has 1 saturated heterocycles. The van der Waals surface area contributed by atoms with E-state index in [1.807, 2.05) is 4.90 Å². The third-order valence-corrected chi connectivity index (χ3v) is 6.98. The summed E-state index contributed by atoms with van der Waals surface area (Å²) in [5.74, 6) is 1.35. The van der Waals surface area contributed by atoms with Crippen LogP contribution in [0.1, 0.15) is 75.3 Å². The molecular weight excluding hydrogens is 376 g/mol. The molecule has 6 nitrogen and oxygen atoms in total. The number of piperazine rings is 1. The second-order valence-corrected chi connectivity index (χ2v) is 9.55. The highest BCUT2D eigenvalue weighted by atomic mass is 16.5. The fourth-order valence-corrected chi connectivity index (χ4v) is 5.21. The number of amides is 1. The van der Waals surface area contributed by atoms with E-state index in [1.165, 1.54) is 19.3 Å². The minimum atomic E-state index is -0.270. The zero-order valence-corrected chi connectivity index (χ0v) is 18.7. The van der Waals surface area contributed by atoms with Crippen LogP contribution in [0.3, 0.4) is 0 Å². The van der Waals surface area contributed by atoms with Gasteiger partial charge >= 0.3 is 0 Å². The number of carbonyl (C=O) groups excluding carboxylic acids is 1. The Kier molecular flexibility index (Phi) is 6.02. The molecule has 3 aliphatic rings. The number of ether oxygens (including phenoxy) is 1. The van der Waals surface area contributed by atoms with Gasteiger partial charge in [-0.2, -0.15) is 5.26 Å². The smallest absolute Gasteiger partial charge is 0.225 e. The molecule has 30 heavy (non-hydrogen) atoms. The molecule has 1 aromatic heterocycles. The zero-order chi connectivity index (χ0) is 21.3. The van der Waals surface area contributed by atoms with Gasteiger partial charge < -0.3 is 14.5 Å². The van der Waals surface area contributed by atoms with Crippen molar-refractivity contribution in [3.63, 3.8) is 0 Å². The first kappa shape index (κ1) is 21.1. The van der Waals surface area contributed by atoms with E-state index < -0.39 is 0 Å². The van der Waals surface area contributed by atoms with Gasteiger partial charge in [0, 0.05) is 49.8 Å². The van der Waals surface area contributed by atoms with Crippen LogP contribution < -0.4 is 4.90 Å². The number of rotatable bonds is 3. The first-order valence-electron chi connectivity index (χ1n) is 11.6. The Morgan fingerprint density at radius 1 is 1.17 bits per heavy atom. The first-order chi connectivity index (χ1) is 14.4. The topological polar surface area (TPSA) is 69.5 Å². The molecule has 1 amide bonds. The lowest BCUT2D eigenvalue weighted by atomic mass is 9.87. The van der Waals surface area contributed by atoms with Gasteiger partial charge in [0.1, 0.15) is 11.9 Å². The van der Waals surface area contributed by atoms with Gasteiger partial charge in [0.2, 0.25) is 5.91 Å². The second-order valence-electron chi connectivity index (χ2n) is 9.55. The largest absolute Gasteiger partial charge is 0.370 e. The predicted molar refractivity (Wildman–Crippen MR) is 116 cm³/mol. The van der Waals surface area contributed by atoms with E-state index >= 15 is 0 Å². The molecule has 4 rings (SSSR count). The van der Waals surface area contributed by atoms with Gasteiger partial charge in [-0.25, -0.2) is 4.98 Å². The van der Waals surface area contributed by atoms with Crippen LogP contribution in [-0.4, -0.2) is 47.6 Å². The number of nitriles is 1. The molecule has 0 atom stereocenters. The third kappa shape index (κ3) is 4.05. The van der Waals surface area contributed by atoms with Gasteiger partial charge in [-0.3, -0.25) is 4.79 Å². The minimum absolute atomic E-state index is 0.218. The van der Waals surface area contributed by atoms with Gasteiger partial charge in [-0.15, -0.1) is 0 Å². The summed E-state index contributed by atoms with van der Waals surface area (Å²) in [6.07, 6.45) is 7.27. The maximum absolute atomic E-state index is 12.9. The molecule has 1 saturated carbocycles. The van der Waals surface area contributed by atoms with Gasteiger partial charge in [-0.1, -0.05) is 26.2 Å². The van der Waals surface area contributed by atoms with Crippen LogP contribution in [0.25, 0.3) is 0 Å². The van der Waals surface area contributed by atoms with Gasteiger partial charge in [0.05, 0.1) is 17.8 Å². The average Bonchev–Trinajstić information content (AvgIpc) is 2.77. The summed E-state index contributed by atoms with van der Waals surface area (Å²) in [6, 6.07) is 2.46. The van der Waals surface area contributed by atoms with Crippen molar-refractivity contribution in [1.82, 2.24) is 9.88 Å². The van der Waals surface area contributed by atoms with E-state index in [0.717, 1.165) is 74.5 Å². The standard InChI is InChI=1S/C24H34N4O2/c1-4-21-20-16-30-24(2,3)14-18(20)19(15-25)22(26-21)27-10-12-28(13-11-27)23(29)17-8-6-5-7-9-17/h17H,4-14,16H2,1-3H3. The second kappa shape index (κ2) is 8.55. The van der Waals surface area contributed by atoms with E-state index in [4.69, 9.17) is 9.72 Å². The minimum Gasteiger partial charge on any atom is -0.370 e. The summed E-state index contributed by atoms with van der Waals surface area (Å²) < 4.78 is 6.01. The average molecular weight is 411 g/mol. The quantitative estimate of drug-likeness (QED) is 0.762. The van der Waals surface area contributed by atoms with Crippen LogP contribution in [0.15, 0.2) is 0 Å². The van der Waals surface area contributed by atoms with E-state index in [-0.39, 0.29) is 11.5 Å². The van der Waals surface area contributed by atoms with Gasteiger partial charge in [-0.05, 0) is 38.7 Å². The number of anilines is 1. The number of carbonyl (C=O) groups is 1. The molecule has 3 heterocycles. The van der Waals surface area contributed by atoms with Gasteiger partial charge in [0.15, 0.2) is 0 Å². The molecule has 2 aliphatic heterocycles. The maximum Gasteiger partial charge on any atom is 0.225 e. The molecule has 1 aromatic rings. The summed E-state index contributed by atoms with van der Waals surface area (Å²) in [6.45, 7) is 9.71. The number of nitrogens with zero attached hydrogens (tertiary/aromatic N) is 4. The summed E-state index contributed by atoms with van der Waals surface area (Å²) in [4.78, 5) is 22.1. The number of hydrogen-bond donors (Lipinski definition) is 0. The fraction of sp³-hybridized carbons (Fsp3) is 0.708. The summed E-state index contributed by atoms with van der Waals surface area (Å²) in [7, 11) is 0. The molecule has 0 N–H and O–H groups in total. The molecule has 2 fully saturated rings. The zero-order valence-electron chi connectivity index (χ0n) is 18.7. The number of pyridine rings is 1. The molecular formula is C24H34N4O2. The Balaban J connectivity index is 1.55. The van der Waals surface area contributed by atoms with Crippen LogP contribution in [0.4, 0.5) is 5.82 Å². The highest BCUT2D eigenvalue weighted by Crippen LogP contribution is 2.36. The number of fused-ring (bicyclic) bond motifs is 1. The lowest BCUT2D eigenvalue weighted by molar-refractivity contribution is -0.136. The molecule has 1 aliphatic carbocycles. The van der Waals surface area contributed by atoms with Crippen molar-refractivity contribution in [2.75, 3.05) is 31.1 Å². The summed E-state index contributed by atoms with van der Waals surface area (Å²) in [5.41, 5.74) is 3.67. The van der Waals surface area contributed by atoms with E-state index in [1.54, 1.807) is 0 Å². The Hall–Kier alpha value is -2.13. The van der Waals surface area contributed by atoms with Crippen LogP contribution >= 0.6 is 0 Å². The van der Waals surface area contributed by atoms with E-state index in [0.29, 0.717) is 18.1 Å². The SMILES string of the molecule is CCc1nc(N2CCN(C(=O)C3CCCCC3)CC2)c(C#N)c2c1COC(C)(C)C2. The molecule has 0 aromatic carbocycles. The molecule has 6 heteroatoms. The Morgan fingerprint density at radius 2 is 1.87 bits per heavy atom. The first-order valence-corrected chi connectivity index (χ1v) is 11.6. The Bertz CT molecular complexity index is 844. The monoisotopic (exact) mass is 410 g/mol. The molecule has 0 unspecified atom stereocenters. The van der Waals surface area contributed by atoms with Crippen molar-refractivity contribution in [3.8, 4) is 6.07 Å². The van der Waals surface area contributed by atoms with Crippen molar-refractivity contribution in [3.05, 3.63) is 22.4 Å². The molecule has 0 spiro atoms. The van der Waals surface area contributed by atoms with Crippen LogP contribution in [0.5, 0.6) is 0 Å². The predicted octanol–water partition coefficient (Wildman–Crippen LogP) is 3.60. The number of hydrogen-bond acceptors (Lipinski definition) is 5. The van der Waals surface area contributed by atoms with Crippen LogP contribution in [0, 0.1) is 17.2 Å². The number of aromatic nitrogens is 1. The number of aryl methyl sites for hydroxylation is 1. The highest BCUT2D eigenvalue weighted by molar-refractivity contribution is 5.79. The molecule has 0 bridgehead atoms. The van der Waals surface area contributed by atoms with Crippen molar-refractivity contribution in [1.29, 1.82) is 5.26 Å². The third-order valence-electron chi connectivity index (χ3n) is 6.98. The Morgan fingerprint density at radius 3 is 2.50 bits per heavy atom. The molecule has 162 valence electrons. The van der Waals surface area contributed by atoms with Gasteiger partial charge in [0.25, 0.3) is 0 Å². The van der Waals surface area contributed by atoms with Crippen molar-refractivity contribution < 1.29 is 9.53 Å². The normalized spacial score (nSPS) is 21.8. The molecule has 0 radical (unpaired) electrons.